The highest BCUT2D eigenvalue weighted by atomic mass is 35.5. The Morgan fingerprint density at radius 2 is 1.88 bits per heavy atom. The minimum Gasteiger partial charge on any atom is -0.338 e. The topological polar surface area (TPSA) is 78.7 Å². The number of carbonyl (C=O) groups is 1. The summed E-state index contributed by atoms with van der Waals surface area (Å²) in [5.41, 5.74) is 2.17. The summed E-state index contributed by atoms with van der Waals surface area (Å²) in [6.45, 7) is 6.41. The second-order valence-electron chi connectivity index (χ2n) is 7.68. The number of urea groups is 1. The lowest BCUT2D eigenvalue weighted by molar-refractivity contribution is 0.195. The van der Waals surface area contributed by atoms with Gasteiger partial charge in [-0.1, -0.05) is 41.4 Å². The number of rotatable bonds is 4. The molecule has 1 fully saturated rings. The van der Waals surface area contributed by atoms with Crippen molar-refractivity contribution in [3.05, 3.63) is 65.2 Å². The maximum absolute atomic E-state index is 12.3. The van der Waals surface area contributed by atoms with Gasteiger partial charge in [0.05, 0.1) is 10.5 Å². The Labute approximate surface area is 200 Å². The molecule has 0 spiro atoms. The van der Waals surface area contributed by atoms with E-state index in [1.807, 2.05) is 46.9 Å². The van der Waals surface area contributed by atoms with Gasteiger partial charge in [-0.05, 0) is 30.3 Å². The molecule has 0 radical (unpaired) electrons. The molecule has 0 unspecified atom stereocenters. The first-order valence-electron chi connectivity index (χ1n) is 10.5. The third-order valence-corrected chi connectivity index (χ3v) is 6.21. The highest BCUT2D eigenvalue weighted by molar-refractivity contribution is 6.33. The van der Waals surface area contributed by atoms with Crippen LogP contribution in [0.4, 0.5) is 10.7 Å². The van der Waals surface area contributed by atoms with Crippen molar-refractivity contribution in [2.45, 2.75) is 0 Å². The normalized spacial score (nSPS) is 14.1. The van der Waals surface area contributed by atoms with E-state index in [1.54, 1.807) is 11.0 Å². The van der Waals surface area contributed by atoms with E-state index in [2.05, 4.69) is 27.0 Å². The second kappa shape index (κ2) is 8.88. The van der Waals surface area contributed by atoms with Gasteiger partial charge in [-0.15, -0.1) is 16.8 Å². The van der Waals surface area contributed by atoms with Crippen molar-refractivity contribution in [2.24, 2.45) is 0 Å². The maximum atomic E-state index is 12.3. The van der Waals surface area contributed by atoms with Gasteiger partial charge in [-0.2, -0.15) is 0 Å². The van der Waals surface area contributed by atoms with Crippen molar-refractivity contribution >= 4 is 51.7 Å². The minimum absolute atomic E-state index is 0.0981. The number of amides is 2. The average molecular weight is 482 g/mol. The molecule has 168 valence electrons. The van der Waals surface area contributed by atoms with Crippen LogP contribution in [0.2, 0.25) is 10.0 Å². The van der Waals surface area contributed by atoms with Crippen LogP contribution in [0.25, 0.3) is 27.9 Å². The van der Waals surface area contributed by atoms with E-state index in [-0.39, 0.29) is 6.03 Å². The smallest absolute Gasteiger partial charge is 0.317 e. The molecule has 3 heterocycles. The van der Waals surface area contributed by atoms with Crippen molar-refractivity contribution < 1.29 is 4.79 Å². The molecule has 0 atom stereocenters. The molecule has 8 nitrogen and oxygen atoms in total. The van der Waals surface area contributed by atoms with Crippen LogP contribution in [0, 0.1) is 0 Å². The highest BCUT2D eigenvalue weighted by Crippen LogP contribution is 2.32. The molecule has 10 heteroatoms. The number of nitrogens with one attached hydrogen (secondary N) is 1. The van der Waals surface area contributed by atoms with E-state index >= 15 is 0 Å². The van der Waals surface area contributed by atoms with Gasteiger partial charge in [-0.3, -0.25) is 0 Å². The number of fused-ring (bicyclic) bond motifs is 3. The molecule has 4 aromatic rings. The first-order valence-corrected chi connectivity index (χ1v) is 11.3. The van der Waals surface area contributed by atoms with Gasteiger partial charge < -0.3 is 15.1 Å². The molecule has 1 aliphatic heterocycles. The molecule has 1 N–H and O–H groups in total. The number of piperazine rings is 1. The lowest BCUT2D eigenvalue weighted by Gasteiger charge is -2.35. The molecule has 0 aliphatic carbocycles. The Hall–Kier alpha value is -3.36. The predicted molar refractivity (Wildman–Crippen MR) is 131 cm³/mol. The van der Waals surface area contributed by atoms with Crippen LogP contribution in [0.1, 0.15) is 0 Å². The average Bonchev–Trinajstić information content (AvgIpc) is 3.27. The summed E-state index contributed by atoms with van der Waals surface area (Å²) < 4.78 is 1.94. The number of carbonyl (C=O) groups excluding carboxylic acids is 1. The summed E-state index contributed by atoms with van der Waals surface area (Å²) in [7, 11) is 0. The van der Waals surface area contributed by atoms with Crippen LogP contribution >= 0.6 is 23.2 Å². The largest absolute Gasteiger partial charge is 0.338 e. The number of halogens is 2. The van der Waals surface area contributed by atoms with Gasteiger partial charge >= 0.3 is 6.03 Å². The van der Waals surface area contributed by atoms with Crippen molar-refractivity contribution in [3.8, 4) is 11.4 Å². The number of aromatic nitrogens is 4. The Balaban J connectivity index is 1.60. The Kier molecular flexibility index (Phi) is 5.78. The SMILES string of the molecule is C=CCNC(=O)N1CCN(c2nc3cc(Cl)ccc3c3nnc(-c4ccccc4Cl)n23)CC1. The predicted octanol–water partition coefficient (Wildman–Crippen LogP) is 4.27. The number of hydrogen-bond donors (Lipinski definition) is 1. The highest BCUT2D eigenvalue weighted by Gasteiger charge is 2.26. The zero-order valence-electron chi connectivity index (χ0n) is 17.7. The molecule has 5 rings (SSSR count). The molecule has 2 aromatic heterocycles. The molecule has 2 aromatic carbocycles. The van der Waals surface area contributed by atoms with Crippen molar-refractivity contribution in [1.82, 2.24) is 29.8 Å². The minimum atomic E-state index is -0.0981. The summed E-state index contributed by atoms with van der Waals surface area (Å²) in [4.78, 5) is 21.2. The lowest BCUT2D eigenvalue weighted by atomic mass is 10.2. The van der Waals surface area contributed by atoms with Crippen LogP contribution in [0.3, 0.4) is 0 Å². The molecular formula is C23H21Cl2N7O. The zero-order valence-corrected chi connectivity index (χ0v) is 19.2. The van der Waals surface area contributed by atoms with Crippen LogP contribution in [0.5, 0.6) is 0 Å². The molecule has 33 heavy (non-hydrogen) atoms. The monoisotopic (exact) mass is 481 g/mol. The first-order chi connectivity index (χ1) is 16.1. The Bertz CT molecular complexity index is 1360. The lowest BCUT2D eigenvalue weighted by Crippen LogP contribution is -2.52. The zero-order chi connectivity index (χ0) is 22.9. The van der Waals surface area contributed by atoms with Crippen LogP contribution in [0.15, 0.2) is 55.1 Å². The molecule has 1 saturated heterocycles. The molecule has 2 amide bonds. The van der Waals surface area contributed by atoms with Crippen molar-refractivity contribution in [3.63, 3.8) is 0 Å². The van der Waals surface area contributed by atoms with Crippen LogP contribution in [-0.4, -0.2) is 63.2 Å². The van der Waals surface area contributed by atoms with E-state index in [9.17, 15) is 4.79 Å². The van der Waals surface area contributed by atoms with E-state index in [1.165, 1.54) is 0 Å². The van der Waals surface area contributed by atoms with Gasteiger partial charge in [0.2, 0.25) is 5.95 Å². The first kappa shape index (κ1) is 21.5. The van der Waals surface area contributed by atoms with Gasteiger partial charge in [0.1, 0.15) is 0 Å². The standard InChI is InChI=1S/C23H21Cl2N7O/c1-2-9-26-23(33)31-12-10-30(11-13-31)22-27-19-14-15(24)7-8-17(19)21-29-28-20(32(21)22)16-5-3-4-6-18(16)25/h2-8,14H,1,9-13H2,(H,26,33). The fraction of sp³-hybridized carbons (Fsp3) is 0.217. The summed E-state index contributed by atoms with van der Waals surface area (Å²) in [5, 5.41) is 13.8. The van der Waals surface area contributed by atoms with Crippen molar-refractivity contribution in [2.75, 3.05) is 37.6 Å². The number of anilines is 1. The van der Waals surface area contributed by atoms with E-state index in [4.69, 9.17) is 28.2 Å². The Morgan fingerprint density at radius 1 is 1.09 bits per heavy atom. The second-order valence-corrected chi connectivity index (χ2v) is 8.53. The molecule has 1 aliphatic rings. The third kappa shape index (κ3) is 3.96. The Morgan fingerprint density at radius 3 is 2.64 bits per heavy atom. The summed E-state index contributed by atoms with van der Waals surface area (Å²) in [5.74, 6) is 1.30. The van der Waals surface area contributed by atoms with Gasteiger partial charge in [0.25, 0.3) is 0 Å². The number of nitrogens with zero attached hydrogens (tertiary/aromatic N) is 6. The molecular weight excluding hydrogens is 461 g/mol. The van der Waals surface area contributed by atoms with Crippen molar-refractivity contribution in [1.29, 1.82) is 0 Å². The summed E-state index contributed by atoms with van der Waals surface area (Å²) >= 11 is 12.8. The van der Waals surface area contributed by atoms with E-state index in [0.717, 1.165) is 16.5 Å². The quantitative estimate of drug-likeness (QED) is 0.440. The van der Waals surface area contributed by atoms with E-state index in [0.29, 0.717) is 60.2 Å². The van der Waals surface area contributed by atoms with Crippen LogP contribution in [-0.2, 0) is 0 Å². The van der Waals surface area contributed by atoms with Crippen LogP contribution < -0.4 is 10.2 Å². The fourth-order valence-electron chi connectivity index (χ4n) is 4.00. The molecule has 0 saturated carbocycles. The number of hydrogen-bond acceptors (Lipinski definition) is 5. The number of benzene rings is 2. The fourth-order valence-corrected chi connectivity index (χ4v) is 4.39. The van der Waals surface area contributed by atoms with Gasteiger partial charge in [-0.25, -0.2) is 14.2 Å². The summed E-state index contributed by atoms with van der Waals surface area (Å²) in [6.07, 6.45) is 1.66. The van der Waals surface area contributed by atoms with Gasteiger partial charge in [0, 0.05) is 48.7 Å². The molecule has 0 bridgehead atoms. The summed E-state index contributed by atoms with van der Waals surface area (Å²) in [6, 6.07) is 13.0. The van der Waals surface area contributed by atoms with E-state index < -0.39 is 0 Å². The van der Waals surface area contributed by atoms with Gasteiger partial charge in [0.15, 0.2) is 11.5 Å². The third-order valence-electron chi connectivity index (χ3n) is 5.65. The maximum Gasteiger partial charge on any atom is 0.317 e.